The van der Waals surface area contributed by atoms with Crippen molar-refractivity contribution in [1.29, 1.82) is 0 Å². The van der Waals surface area contributed by atoms with E-state index < -0.39 is 0 Å². The fourth-order valence-electron chi connectivity index (χ4n) is 2.13. The van der Waals surface area contributed by atoms with Crippen LogP contribution in [0.5, 0.6) is 0 Å². The molecule has 5 heteroatoms. The van der Waals surface area contributed by atoms with Crippen LogP contribution in [0.4, 0.5) is 5.95 Å². The van der Waals surface area contributed by atoms with Crippen molar-refractivity contribution < 1.29 is 4.79 Å². The zero-order valence-electron chi connectivity index (χ0n) is 14.0. The van der Waals surface area contributed by atoms with E-state index in [1.165, 1.54) is 5.56 Å². The number of anilines is 1. The highest BCUT2D eigenvalue weighted by Crippen LogP contribution is 2.07. The second kappa shape index (κ2) is 8.27. The molecular formula is C18H24N4O. The van der Waals surface area contributed by atoms with Gasteiger partial charge in [-0.1, -0.05) is 37.3 Å². The first kappa shape index (κ1) is 16.9. The maximum absolute atomic E-state index is 12.2. The first-order valence-corrected chi connectivity index (χ1v) is 8.03. The fourth-order valence-corrected chi connectivity index (χ4v) is 2.13. The first-order chi connectivity index (χ1) is 11.1. The van der Waals surface area contributed by atoms with E-state index >= 15 is 0 Å². The van der Waals surface area contributed by atoms with Crippen molar-refractivity contribution in [2.24, 2.45) is 0 Å². The van der Waals surface area contributed by atoms with Crippen LogP contribution in [-0.4, -0.2) is 28.5 Å². The standard InChI is InChI=1S/C18H24N4O/c1-4-13(2)20-17(23)16-12-14(3)21-18(22-16)19-11-10-15-8-6-5-7-9-15/h5-9,12-13H,4,10-11H2,1-3H3,(H,20,23)(H,19,21,22). The third-order valence-electron chi connectivity index (χ3n) is 3.62. The molecule has 1 aromatic heterocycles. The van der Waals surface area contributed by atoms with Gasteiger partial charge in [0.25, 0.3) is 5.91 Å². The zero-order chi connectivity index (χ0) is 16.7. The minimum absolute atomic E-state index is 0.132. The van der Waals surface area contributed by atoms with Gasteiger partial charge in [-0.25, -0.2) is 9.97 Å². The molecule has 0 aliphatic carbocycles. The molecular weight excluding hydrogens is 288 g/mol. The Morgan fingerprint density at radius 1 is 1.22 bits per heavy atom. The predicted octanol–water partition coefficient (Wildman–Crippen LogP) is 2.97. The van der Waals surface area contributed by atoms with E-state index in [0.29, 0.717) is 11.6 Å². The number of rotatable bonds is 7. The Bertz CT molecular complexity index is 643. The van der Waals surface area contributed by atoms with Crippen LogP contribution in [0, 0.1) is 6.92 Å². The van der Waals surface area contributed by atoms with E-state index in [-0.39, 0.29) is 11.9 Å². The molecule has 0 saturated carbocycles. The molecule has 2 N–H and O–H groups in total. The zero-order valence-corrected chi connectivity index (χ0v) is 14.0. The normalized spacial score (nSPS) is 11.8. The molecule has 1 aromatic carbocycles. The highest BCUT2D eigenvalue weighted by atomic mass is 16.1. The molecule has 1 unspecified atom stereocenters. The molecule has 122 valence electrons. The van der Waals surface area contributed by atoms with Gasteiger partial charge in [0.05, 0.1) is 0 Å². The smallest absolute Gasteiger partial charge is 0.270 e. The lowest BCUT2D eigenvalue weighted by Gasteiger charge is -2.12. The third kappa shape index (κ3) is 5.36. The van der Waals surface area contributed by atoms with Crippen molar-refractivity contribution in [1.82, 2.24) is 15.3 Å². The largest absolute Gasteiger partial charge is 0.354 e. The minimum Gasteiger partial charge on any atom is -0.354 e. The van der Waals surface area contributed by atoms with Crippen molar-refractivity contribution in [3.63, 3.8) is 0 Å². The number of hydrogen-bond donors (Lipinski definition) is 2. The number of aromatic nitrogens is 2. The van der Waals surface area contributed by atoms with E-state index in [1.54, 1.807) is 6.07 Å². The predicted molar refractivity (Wildman–Crippen MR) is 92.6 cm³/mol. The number of benzene rings is 1. The van der Waals surface area contributed by atoms with Gasteiger partial charge in [-0.2, -0.15) is 0 Å². The van der Waals surface area contributed by atoms with Crippen molar-refractivity contribution in [2.45, 2.75) is 39.7 Å². The summed E-state index contributed by atoms with van der Waals surface area (Å²) < 4.78 is 0. The molecule has 2 rings (SSSR count). The van der Waals surface area contributed by atoms with Crippen LogP contribution in [-0.2, 0) is 6.42 Å². The summed E-state index contributed by atoms with van der Waals surface area (Å²) in [7, 11) is 0. The van der Waals surface area contributed by atoms with E-state index in [1.807, 2.05) is 39.0 Å². The molecule has 0 spiro atoms. The Labute approximate surface area is 137 Å². The van der Waals surface area contributed by atoms with Gasteiger partial charge in [0, 0.05) is 18.3 Å². The average molecular weight is 312 g/mol. The van der Waals surface area contributed by atoms with Gasteiger partial charge in [-0.05, 0) is 38.3 Å². The molecule has 1 heterocycles. The Kier molecular flexibility index (Phi) is 6.09. The van der Waals surface area contributed by atoms with E-state index in [9.17, 15) is 4.79 Å². The number of aryl methyl sites for hydroxylation is 1. The fraction of sp³-hybridized carbons (Fsp3) is 0.389. The number of nitrogens with zero attached hydrogens (tertiary/aromatic N) is 2. The number of nitrogens with one attached hydrogen (secondary N) is 2. The summed E-state index contributed by atoms with van der Waals surface area (Å²) in [6.45, 7) is 6.60. The molecule has 0 radical (unpaired) electrons. The Morgan fingerprint density at radius 2 is 1.96 bits per heavy atom. The summed E-state index contributed by atoms with van der Waals surface area (Å²) in [5.41, 5.74) is 2.43. The number of amides is 1. The number of carbonyl (C=O) groups excluding carboxylic acids is 1. The Morgan fingerprint density at radius 3 is 2.65 bits per heavy atom. The number of hydrogen-bond acceptors (Lipinski definition) is 4. The SMILES string of the molecule is CCC(C)NC(=O)c1cc(C)nc(NCCc2ccccc2)n1. The summed E-state index contributed by atoms with van der Waals surface area (Å²) >= 11 is 0. The van der Waals surface area contributed by atoms with Crippen molar-refractivity contribution in [3.05, 3.63) is 53.3 Å². The summed E-state index contributed by atoms with van der Waals surface area (Å²) in [5.74, 6) is 0.339. The molecule has 23 heavy (non-hydrogen) atoms. The maximum Gasteiger partial charge on any atom is 0.270 e. The van der Waals surface area contributed by atoms with Crippen LogP contribution < -0.4 is 10.6 Å². The van der Waals surface area contributed by atoms with Crippen LogP contribution in [0.25, 0.3) is 0 Å². The topological polar surface area (TPSA) is 66.9 Å². The van der Waals surface area contributed by atoms with Crippen LogP contribution in [0.15, 0.2) is 36.4 Å². The van der Waals surface area contributed by atoms with Crippen LogP contribution in [0.3, 0.4) is 0 Å². The van der Waals surface area contributed by atoms with Crippen LogP contribution in [0.2, 0.25) is 0 Å². The third-order valence-corrected chi connectivity index (χ3v) is 3.62. The lowest BCUT2D eigenvalue weighted by atomic mass is 10.1. The van der Waals surface area contributed by atoms with Crippen LogP contribution >= 0.6 is 0 Å². The summed E-state index contributed by atoms with van der Waals surface area (Å²) in [4.78, 5) is 20.8. The van der Waals surface area contributed by atoms with Gasteiger partial charge >= 0.3 is 0 Å². The maximum atomic E-state index is 12.2. The second-order valence-electron chi connectivity index (χ2n) is 5.66. The lowest BCUT2D eigenvalue weighted by molar-refractivity contribution is 0.0934. The van der Waals surface area contributed by atoms with Crippen molar-refractivity contribution in [3.8, 4) is 0 Å². The van der Waals surface area contributed by atoms with E-state index in [4.69, 9.17) is 0 Å². The highest BCUT2D eigenvalue weighted by Gasteiger charge is 2.12. The molecule has 5 nitrogen and oxygen atoms in total. The Hall–Kier alpha value is -2.43. The summed E-state index contributed by atoms with van der Waals surface area (Å²) in [6.07, 6.45) is 1.77. The molecule has 0 aliphatic heterocycles. The van der Waals surface area contributed by atoms with Gasteiger partial charge in [-0.3, -0.25) is 4.79 Å². The average Bonchev–Trinajstić information content (AvgIpc) is 2.55. The molecule has 0 saturated heterocycles. The Balaban J connectivity index is 1.98. The quantitative estimate of drug-likeness (QED) is 0.825. The summed E-state index contributed by atoms with van der Waals surface area (Å²) in [5, 5.41) is 6.12. The second-order valence-corrected chi connectivity index (χ2v) is 5.66. The number of carbonyl (C=O) groups is 1. The molecule has 0 aliphatic rings. The van der Waals surface area contributed by atoms with E-state index in [2.05, 4.69) is 32.7 Å². The molecule has 1 amide bonds. The van der Waals surface area contributed by atoms with Crippen LogP contribution in [0.1, 0.15) is 42.0 Å². The lowest BCUT2D eigenvalue weighted by Crippen LogP contribution is -2.32. The first-order valence-electron chi connectivity index (χ1n) is 8.03. The van der Waals surface area contributed by atoms with Gasteiger partial charge in [0.1, 0.15) is 5.69 Å². The van der Waals surface area contributed by atoms with Crippen molar-refractivity contribution >= 4 is 11.9 Å². The van der Waals surface area contributed by atoms with Gasteiger partial charge in [-0.15, -0.1) is 0 Å². The minimum atomic E-state index is -0.157. The molecule has 2 aromatic rings. The molecule has 0 fully saturated rings. The van der Waals surface area contributed by atoms with Gasteiger partial charge < -0.3 is 10.6 Å². The van der Waals surface area contributed by atoms with Gasteiger partial charge in [0.15, 0.2) is 0 Å². The molecule has 0 bridgehead atoms. The highest BCUT2D eigenvalue weighted by molar-refractivity contribution is 5.92. The molecule has 1 atom stereocenters. The summed E-state index contributed by atoms with van der Waals surface area (Å²) in [6, 6.07) is 12.1. The monoisotopic (exact) mass is 312 g/mol. The van der Waals surface area contributed by atoms with E-state index in [0.717, 1.165) is 25.1 Å². The van der Waals surface area contributed by atoms with Gasteiger partial charge in [0.2, 0.25) is 5.95 Å². The van der Waals surface area contributed by atoms with Crippen molar-refractivity contribution in [2.75, 3.05) is 11.9 Å².